The Balaban J connectivity index is 3.04. The monoisotopic (exact) mass is 140 g/mol. The molecule has 0 heterocycles. The largest absolute Gasteiger partial charge is 0.309 e. The van der Waals surface area contributed by atoms with Gasteiger partial charge in [0.2, 0.25) is 6.29 Å². The van der Waals surface area contributed by atoms with Crippen molar-refractivity contribution in [3.05, 3.63) is 12.2 Å². The van der Waals surface area contributed by atoms with Gasteiger partial charge in [-0.25, -0.2) is 0 Å². The van der Waals surface area contributed by atoms with E-state index in [9.17, 15) is 4.79 Å². The summed E-state index contributed by atoms with van der Waals surface area (Å²) in [5, 5.41) is 0. The molecule has 1 radical (unpaired) electrons. The standard InChI is InChI=1S/C8H14NO/c1-9(2)7-5-3-4-6-8-10/h4,6H,3,5,7H2,1-2H3. The van der Waals surface area contributed by atoms with Crippen LogP contribution in [0, 0.1) is 0 Å². The lowest BCUT2D eigenvalue weighted by Gasteiger charge is -2.06. The number of unbranched alkanes of at least 4 members (excludes halogenated alkanes) is 1. The Morgan fingerprint density at radius 2 is 2.20 bits per heavy atom. The van der Waals surface area contributed by atoms with Gasteiger partial charge in [-0.3, -0.25) is 4.79 Å². The molecule has 0 bridgehead atoms. The summed E-state index contributed by atoms with van der Waals surface area (Å²) in [7, 11) is 4.07. The van der Waals surface area contributed by atoms with E-state index in [-0.39, 0.29) is 0 Å². The Morgan fingerprint density at radius 3 is 2.70 bits per heavy atom. The van der Waals surface area contributed by atoms with Gasteiger partial charge in [0.05, 0.1) is 0 Å². The van der Waals surface area contributed by atoms with Gasteiger partial charge in [0, 0.05) is 0 Å². The van der Waals surface area contributed by atoms with Gasteiger partial charge in [-0.1, -0.05) is 6.08 Å². The van der Waals surface area contributed by atoms with Gasteiger partial charge in [0.25, 0.3) is 0 Å². The maximum absolute atomic E-state index is 9.68. The summed E-state index contributed by atoms with van der Waals surface area (Å²) in [5.74, 6) is 0. The van der Waals surface area contributed by atoms with E-state index in [1.165, 1.54) is 6.08 Å². The fourth-order valence-electron chi connectivity index (χ4n) is 0.657. The van der Waals surface area contributed by atoms with Gasteiger partial charge in [-0.05, 0) is 39.6 Å². The van der Waals surface area contributed by atoms with Crippen LogP contribution in [0.5, 0.6) is 0 Å². The Labute approximate surface area is 62.5 Å². The van der Waals surface area contributed by atoms with E-state index >= 15 is 0 Å². The molecule has 0 aliphatic carbocycles. The van der Waals surface area contributed by atoms with E-state index < -0.39 is 0 Å². The molecule has 0 unspecified atom stereocenters. The first-order valence-corrected chi connectivity index (χ1v) is 3.45. The summed E-state index contributed by atoms with van der Waals surface area (Å²) in [4.78, 5) is 11.8. The predicted octanol–water partition coefficient (Wildman–Crippen LogP) is 0.994. The second-order valence-electron chi connectivity index (χ2n) is 2.47. The molecule has 0 atom stereocenters. The number of rotatable bonds is 5. The highest BCUT2D eigenvalue weighted by molar-refractivity contribution is 5.65. The second kappa shape index (κ2) is 6.49. The van der Waals surface area contributed by atoms with Crippen molar-refractivity contribution in [1.29, 1.82) is 0 Å². The van der Waals surface area contributed by atoms with E-state index in [1.807, 2.05) is 20.2 Å². The summed E-state index contributed by atoms with van der Waals surface area (Å²) in [5.41, 5.74) is 0. The third-order valence-corrected chi connectivity index (χ3v) is 1.16. The van der Waals surface area contributed by atoms with Crippen LogP contribution in [0.1, 0.15) is 12.8 Å². The SMILES string of the molecule is CN(C)CCCC=C[C]=O. The number of nitrogens with zero attached hydrogens (tertiary/aromatic N) is 1. The third-order valence-electron chi connectivity index (χ3n) is 1.16. The molecule has 2 heteroatoms. The van der Waals surface area contributed by atoms with Crippen LogP contribution in [0.2, 0.25) is 0 Å². The first kappa shape index (κ1) is 9.37. The average molecular weight is 140 g/mol. The minimum Gasteiger partial charge on any atom is -0.309 e. The Hall–Kier alpha value is -0.630. The zero-order valence-corrected chi connectivity index (χ0v) is 6.63. The highest BCUT2D eigenvalue weighted by atomic mass is 16.1. The van der Waals surface area contributed by atoms with Gasteiger partial charge in [0.1, 0.15) is 0 Å². The van der Waals surface area contributed by atoms with E-state index in [4.69, 9.17) is 0 Å². The van der Waals surface area contributed by atoms with Crippen LogP contribution in [0.25, 0.3) is 0 Å². The molecule has 57 valence electrons. The molecule has 0 aliphatic heterocycles. The molecule has 0 rings (SSSR count). The van der Waals surface area contributed by atoms with Gasteiger partial charge < -0.3 is 4.90 Å². The number of hydrogen-bond acceptors (Lipinski definition) is 2. The summed E-state index contributed by atoms with van der Waals surface area (Å²) in [6.07, 6.45) is 7.05. The summed E-state index contributed by atoms with van der Waals surface area (Å²) >= 11 is 0. The molecule has 0 aromatic heterocycles. The lowest BCUT2D eigenvalue weighted by molar-refractivity contribution is 0.402. The summed E-state index contributed by atoms with van der Waals surface area (Å²) in [6, 6.07) is 0. The van der Waals surface area contributed by atoms with Crippen molar-refractivity contribution < 1.29 is 4.79 Å². The van der Waals surface area contributed by atoms with Gasteiger partial charge in [-0.2, -0.15) is 0 Å². The maximum Gasteiger partial charge on any atom is 0.225 e. The van der Waals surface area contributed by atoms with Crippen molar-refractivity contribution in [2.24, 2.45) is 0 Å². The van der Waals surface area contributed by atoms with Crippen molar-refractivity contribution in [2.45, 2.75) is 12.8 Å². The van der Waals surface area contributed by atoms with Crippen LogP contribution in [0.3, 0.4) is 0 Å². The first-order valence-electron chi connectivity index (χ1n) is 3.45. The smallest absolute Gasteiger partial charge is 0.225 e. The minimum atomic E-state index is 0.966. The van der Waals surface area contributed by atoms with Crippen molar-refractivity contribution in [3.8, 4) is 0 Å². The Kier molecular flexibility index (Phi) is 6.08. The average Bonchev–Trinajstić information content (AvgIpc) is 1.87. The quantitative estimate of drug-likeness (QED) is 0.419. The predicted molar refractivity (Wildman–Crippen MR) is 42.6 cm³/mol. The number of allylic oxidation sites excluding steroid dienone is 2. The number of carbonyl (C=O) groups excluding carboxylic acids is 1. The molecule has 0 amide bonds. The van der Waals surface area contributed by atoms with E-state index in [2.05, 4.69) is 4.90 Å². The molecule has 2 nitrogen and oxygen atoms in total. The van der Waals surface area contributed by atoms with Crippen LogP contribution in [-0.2, 0) is 4.79 Å². The molecule has 0 saturated carbocycles. The Bertz CT molecular complexity index is 108. The van der Waals surface area contributed by atoms with E-state index in [0.29, 0.717) is 0 Å². The molecule has 0 fully saturated rings. The summed E-state index contributed by atoms with van der Waals surface area (Å²) in [6.45, 7) is 1.07. The molecular weight excluding hydrogens is 126 g/mol. The highest BCUT2D eigenvalue weighted by Gasteiger charge is 1.86. The van der Waals surface area contributed by atoms with E-state index in [1.54, 1.807) is 6.29 Å². The fraction of sp³-hybridized carbons (Fsp3) is 0.625. The topological polar surface area (TPSA) is 20.3 Å². The molecule has 10 heavy (non-hydrogen) atoms. The van der Waals surface area contributed by atoms with E-state index in [0.717, 1.165) is 19.4 Å². The van der Waals surface area contributed by atoms with Gasteiger partial charge >= 0.3 is 0 Å². The van der Waals surface area contributed by atoms with Crippen molar-refractivity contribution >= 4 is 6.29 Å². The van der Waals surface area contributed by atoms with Gasteiger partial charge in [0.15, 0.2) is 0 Å². The number of hydrogen-bond donors (Lipinski definition) is 0. The van der Waals surface area contributed by atoms with Crippen LogP contribution in [0.15, 0.2) is 12.2 Å². The first-order chi connectivity index (χ1) is 4.77. The maximum atomic E-state index is 9.68. The van der Waals surface area contributed by atoms with Crippen LogP contribution < -0.4 is 0 Å². The van der Waals surface area contributed by atoms with Crippen molar-refractivity contribution in [3.63, 3.8) is 0 Å². The van der Waals surface area contributed by atoms with Gasteiger partial charge in [-0.15, -0.1) is 0 Å². The molecule has 0 spiro atoms. The molecule has 0 aromatic carbocycles. The van der Waals surface area contributed by atoms with Crippen molar-refractivity contribution in [2.75, 3.05) is 20.6 Å². The fourth-order valence-corrected chi connectivity index (χ4v) is 0.657. The summed E-state index contributed by atoms with van der Waals surface area (Å²) < 4.78 is 0. The van der Waals surface area contributed by atoms with Crippen molar-refractivity contribution in [1.82, 2.24) is 4.90 Å². The van der Waals surface area contributed by atoms with Crippen LogP contribution >= 0.6 is 0 Å². The molecule has 0 aliphatic rings. The lowest BCUT2D eigenvalue weighted by Crippen LogP contribution is -2.12. The normalized spacial score (nSPS) is 11.1. The lowest BCUT2D eigenvalue weighted by atomic mass is 10.3. The minimum absolute atomic E-state index is 0.966. The third kappa shape index (κ3) is 7.37. The van der Waals surface area contributed by atoms with Crippen LogP contribution in [0.4, 0.5) is 0 Å². The Morgan fingerprint density at radius 1 is 1.50 bits per heavy atom. The molecule has 0 N–H and O–H groups in total. The molecule has 0 saturated heterocycles. The molecular formula is C8H14NO. The zero-order valence-electron chi connectivity index (χ0n) is 6.63. The zero-order chi connectivity index (χ0) is 7.82. The van der Waals surface area contributed by atoms with Crippen LogP contribution in [-0.4, -0.2) is 31.8 Å². The molecule has 0 aromatic rings. The highest BCUT2D eigenvalue weighted by Crippen LogP contribution is 1.90. The second-order valence-corrected chi connectivity index (χ2v) is 2.47.